The summed E-state index contributed by atoms with van der Waals surface area (Å²) < 4.78 is 11.0. The van der Waals surface area contributed by atoms with Crippen LogP contribution in [0.1, 0.15) is 33.6 Å². The molecule has 0 radical (unpaired) electrons. The first-order chi connectivity index (χ1) is 8.40. The van der Waals surface area contributed by atoms with Gasteiger partial charge in [-0.2, -0.15) is 0 Å². The highest BCUT2D eigenvalue weighted by Crippen LogP contribution is 2.32. The number of morpholine rings is 1. The summed E-state index contributed by atoms with van der Waals surface area (Å²) >= 11 is 0. The molecule has 0 aromatic rings. The van der Waals surface area contributed by atoms with Crippen LogP contribution in [0.3, 0.4) is 0 Å². The summed E-state index contributed by atoms with van der Waals surface area (Å²) in [5, 5.41) is 0. The Balaban J connectivity index is 2.06. The predicted octanol–water partition coefficient (Wildman–Crippen LogP) is 1.36. The van der Waals surface area contributed by atoms with Crippen molar-refractivity contribution in [2.75, 3.05) is 19.8 Å². The molecule has 18 heavy (non-hydrogen) atoms. The largest absolute Gasteiger partial charge is 0.444 e. The van der Waals surface area contributed by atoms with E-state index >= 15 is 0 Å². The van der Waals surface area contributed by atoms with Gasteiger partial charge in [0, 0.05) is 0 Å². The summed E-state index contributed by atoms with van der Waals surface area (Å²) in [6.45, 7) is 7.57. The van der Waals surface area contributed by atoms with Gasteiger partial charge in [-0.3, -0.25) is 4.90 Å². The molecule has 0 spiro atoms. The zero-order valence-corrected chi connectivity index (χ0v) is 11.5. The number of carbonyl (C=O) groups excluding carboxylic acids is 1. The average molecular weight is 256 g/mol. The van der Waals surface area contributed by atoms with Crippen LogP contribution in [-0.4, -0.2) is 48.4 Å². The first-order valence-corrected chi connectivity index (χ1v) is 6.70. The minimum atomic E-state index is -0.447. The van der Waals surface area contributed by atoms with Gasteiger partial charge < -0.3 is 15.2 Å². The lowest BCUT2D eigenvalue weighted by molar-refractivity contribution is -0.0886. The Kier molecular flexibility index (Phi) is 3.82. The molecule has 2 unspecified atom stereocenters. The summed E-state index contributed by atoms with van der Waals surface area (Å²) in [5.41, 5.74) is 5.31. The average Bonchev–Trinajstić information content (AvgIpc) is 2.24. The SMILES string of the molecule is CC(C)(C)OC(=O)N1C2COCC1CC(CN)C2. The van der Waals surface area contributed by atoms with Crippen molar-refractivity contribution in [3.05, 3.63) is 0 Å². The molecule has 2 atom stereocenters. The Hall–Kier alpha value is -0.810. The number of nitrogens with two attached hydrogens (primary N) is 1. The smallest absolute Gasteiger partial charge is 0.410 e. The number of nitrogens with zero attached hydrogens (tertiary/aromatic N) is 1. The lowest BCUT2D eigenvalue weighted by Crippen LogP contribution is -2.60. The Morgan fingerprint density at radius 1 is 1.33 bits per heavy atom. The molecule has 2 rings (SSSR count). The van der Waals surface area contributed by atoms with Crippen LogP contribution in [0.4, 0.5) is 4.79 Å². The molecule has 104 valence electrons. The summed E-state index contributed by atoms with van der Waals surface area (Å²) in [6, 6.07) is 0.252. The summed E-state index contributed by atoms with van der Waals surface area (Å²) in [6.07, 6.45) is 1.63. The van der Waals surface area contributed by atoms with Gasteiger partial charge in [0.15, 0.2) is 0 Å². The number of hydrogen-bond donors (Lipinski definition) is 1. The van der Waals surface area contributed by atoms with E-state index in [4.69, 9.17) is 15.2 Å². The van der Waals surface area contributed by atoms with E-state index in [0.29, 0.717) is 25.7 Å². The number of ether oxygens (including phenoxy) is 2. The van der Waals surface area contributed by atoms with Crippen molar-refractivity contribution < 1.29 is 14.3 Å². The summed E-state index contributed by atoms with van der Waals surface area (Å²) in [7, 11) is 0. The molecule has 0 aromatic heterocycles. The van der Waals surface area contributed by atoms with Crippen LogP contribution in [0.25, 0.3) is 0 Å². The maximum atomic E-state index is 12.2. The molecule has 0 saturated carbocycles. The molecular formula is C13H24N2O3. The van der Waals surface area contributed by atoms with Gasteiger partial charge in [-0.15, -0.1) is 0 Å². The standard InChI is InChI=1S/C13H24N2O3/c1-13(2,3)18-12(16)15-10-4-9(6-14)5-11(15)8-17-7-10/h9-11H,4-8,14H2,1-3H3. The third-order valence-electron chi connectivity index (χ3n) is 3.56. The van der Waals surface area contributed by atoms with Crippen molar-refractivity contribution in [3.8, 4) is 0 Å². The van der Waals surface area contributed by atoms with Crippen LogP contribution in [0, 0.1) is 5.92 Å². The lowest BCUT2D eigenvalue weighted by atomic mass is 9.85. The quantitative estimate of drug-likeness (QED) is 0.769. The van der Waals surface area contributed by atoms with Gasteiger partial charge in [0.05, 0.1) is 25.3 Å². The molecule has 2 saturated heterocycles. The molecule has 0 aliphatic carbocycles. The first-order valence-electron chi connectivity index (χ1n) is 6.70. The Morgan fingerprint density at radius 3 is 2.33 bits per heavy atom. The van der Waals surface area contributed by atoms with Gasteiger partial charge >= 0.3 is 6.09 Å². The first kappa shape index (κ1) is 13.6. The molecular weight excluding hydrogens is 232 g/mol. The van der Waals surface area contributed by atoms with E-state index in [9.17, 15) is 4.79 Å². The monoisotopic (exact) mass is 256 g/mol. The second-order valence-corrected chi connectivity index (χ2v) is 6.31. The fraction of sp³-hybridized carbons (Fsp3) is 0.923. The Labute approximate surface area is 109 Å². The molecule has 2 heterocycles. The van der Waals surface area contributed by atoms with E-state index in [1.807, 2.05) is 25.7 Å². The van der Waals surface area contributed by atoms with E-state index < -0.39 is 5.60 Å². The fourth-order valence-corrected chi connectivity index (χ4v) is 2.83. The lowest BCUT2D eigenvalue weighted by Gasteiger charge is -2.48. The minimum absolute atomic E-state index is 0.126. The third kappa shape index (κ3) is 2.95. The van der Waals surface area contributed by atoms with Gasteiger partial charge in [-0.1, -0.05) is 0 Å². The molecule has 5 heteroatoms. The number of piperidine rings is 1. The van der Waals surface area contributed by atoms with Crippen LogP contribution in [0.2, 0.25) is 0 Å². The highest BCUT2D eigenvalue weighted by molar-refractivity contribution is 5.69. The number of amides is 1. The van der Waals surface area contributed by atoms with Crippen LogP contribution < -0.4 is 5.73 Å². The van der Waals surface area contributed by atoms with E-state index in [2.05, 4.69) is 0 Å². The number of fused-ring (bicyclic) bond motifs is 2. The van der Waals surface area contributed by atoms with E-state index in [1.165, 1.54) is 0 Å². The normalized spacial score (nSPS) is 32.2. The van der Waals surface area contributed by atoms with Crippen molar-refractivity contribution >= 4 is 6.09 Å². The Morgan fingerprint density at radius 2 is 1.89 bits per heavy atom. The highest BCUT2D eigenvalue weighted by atomic mass is 16.6. The minimum Gasteiger partial charge on any atom is -0.444 e. The van der Waals surface area contributed by atoms with Crippen molar-refractivity contribution in [1.82, 2.24) is 4.90 Å². The number of hydrogen-bond acceptors (Lipinski definition) is 4. The summed E-state index contributed by atoms with van der Waals surface area (Å²) in [5.74, 6) is 0.502. The summed E-state index contributed by atoms with van der Waals surface area (Å²) in [4.78, 5) is 14.1. The van der Waals surface area contributed by atoms with Gasteiger partial charge in [-0.25, -0.2) is 4.79 Å². The zero-order valence-electron chi connectivity index (χ0n) is 11.5. The third-order valence-corrected chi connectivity index (χ3v) is 3.56. The molecule has 0 aromatic carbocycles. The van der Waals surface area contributed by atoms with Crippen molar-refractivity contribution in [2.45, 2.75) is 51.3 Å². The zero-order chi connectivity index (χ0) is 13.3. The molecule has 2 fully saturated rings. The highest BCUT2D eigenvalue weighted by Gasteiger charge is 2.42. The van der Waals surface area contributed by atoms with E-state index in [1.54, 1.807) is 0 Å². The second kappa shape index (κ2) is 5.05. The molecule has 2 N–H and O–H groups in total. The van der Waals surface area contributed by atoms with Gasteiger partial charge in [0.2, 0.25) is 0 Å². The Bertz CT molecular complexity index is 300. The molecule has 2 aliphatic rings. The second-order valence-electron chi connectivity index (χ2n) is 6.31. The molecule has 2 aliphatic heterocycles. The van der Waals surface area contributed by atoms with Gasteiger partial charge in [0.1, 0.15) is 5.60 Å². The fourth-order valence-electron chi connectivity index (χ4n) is 2.83. The van der Waals surface area contributed by atoms with Crippen LogP contribution in [0.5, 0.6) is 0 Å². The van der Waals surface area contributed by atoms with Gasteiger partial charge in [-0.05, 0) is 46.1 Å². The molecule has 1 amide bonds. The molecule has 2 bridgehead atoms. The van der Waals surface area contributed by atoms with Crippen molar-refractivity contribution in [1.29, 1.82) is 0 Å². The number of rotatable bonds is 1. The maximum absolute atomic E-state index is 12.2. The van der Waals surface area contributed by atoms with E-state index in [-0.39, 0.29) is 18.2 Å². The van der Waals surface area contributed by atoms with E-state index in [0.717, 1.165) is 12.8 Å². The van der Waals surface area contributed by atoms with Crippen LogP contribution in [0.15, 0.2) is 0 Å². The van der Waals surface area contributed by atoms with Crippen molar-refractivity contribution in [2.24, 2.45) is 11.7 Å². The van der Waals surface area contributed by atoms with Gasteiger partial charge in [0.25, 0.3) is 0 Å². The number of carbonyl (C=O) groups is 1. The maximum Gasteiger partial charge on any atom is 0.410 e. The topological polar surface area (TPSA) is 64.8 Å². The predicted molar refractivity (Wildman–Crippen MR) is 68.2 cm³/mol. The van der Waals surface area contributed by atoms with Crippen molar-refractivity contribution in [3.63, 3.8) is 0 Å². The van der Waals surface area contributed by atoms with Crippen LogP contribution >= 0.6 is 0 Å². The van der Waals surface area contributed by atoms with Crippen LogP contribution in [-0.2, 0) is 9.47 Å². The molecule has 5 nitrogen and oxygen atoms in total.